The van der Waals surface area contributed by atoms with E-state index in [1.54, 1.807) is 0 Å². The number of allylic oxidation sites excluding steroid dienone is 3. The lowest BCUT2D eigenvalue weighted by Gasteiger charge is -2.29. The minimum Gasteiger partial charge on any atom is -0.462 e. The van der Waals surface area contributed by atoms with Gasteiger partial charge in [0.05, 0.1) is 12.2 Å². The molecule has 0 bridgehead atoms. The highest BCUT2D eigenvalue weighted by atomic mass is 16.5. The number of nitrogens with zero attached hydrogens (tertiary/aromatic N) is 2. The molecule has 0 heterocycles. The number of hydrogen-bond acceptors (Lipinski definition) is 8. The molecule has 0 aromatic heterocycles. The number of aliphatic hydroxyl groups is 2. The summed E-state index contributed by atoms with van der Waals surface area (Å²) in [7, 11) is 2.05. The molecule has 324 valence electrons. The van der Waals surface area contributed by atoms with Gasteiger partial charge in [-0.2, -0.15) is 0 Å². The van der Waals surface area contributed by atoms with Crippen molar-refractivity contribution < 1.29 is 29.3 Å². The molecule has 8 nitrogen and oxygen atoms in total. The minimum absolute atomic E-state index is 0.0334. The standard InChI is InChI=1S/C47H90N2O6/c1-7-12-15-18-20-26-33-44(10-4)54-46(52)35-28-22-24-31-42(50)40-49(39-38-48(6)37-30-17-14-9-3)41-43(51)32-25-23-29-36-47(53)55-45(11-5)34-27-21-19-16-13-8-2/h14,17,30,37,42-45,50-51H,7-13,15-16,18-29,31-36,38-41H2,1-6H3/b17-14+,37-30-. The Morgan fingerprint density at radius 2 is 0.964 bits per heavy atom. The molecule has 0 saturated carbocycles. The molecule has 0 amide bonds. The van der Waals surface area contributed by atoms with Crippen molar-refractivity contribution in [2.24, 2.45) is 0 Å². The van der Waals surface area contributed by atoms with Crippen molar-refractivity contribution in [1.82, 2.24) is 9.80 Å². The summed E-state index contributed by atoms with van der Waals surface area (Å²) >= 11 is 0. The molecule has 0 aliphatic carbocycles. The van der Waals surface area contributed by atoms with E-state index in [1.165, 1.54) is 64.2 Å². The Labute approximate surface area is 340 Å². The zero-order valence-corrected chi connectivity index (χ0v) is 37.0. The first-order valence-corrected chi connectivity index (χ1v) is 23.2. The van der Waals surface area contributed by atoms with E-state index in [1.807, 2.05) is 13.1 Å². The van der Waals surface area contributed by atoms with Gasteiger partial charge >= 0.3 is 11.9 Å². The van der Waals surface area contributed by atoms with Crippen molar-refractivity contribution in [3.8, 4) is 0 Å². The van der Waals surface area contributed by atoms with Gasteiger partial charge in [0.25, 0.3) is 0 Å². The van der Waals surface area contributed by atoms with Gasteiger partial charge in [-0.3, -0.25) is 14.5 Å². The Morgan fingerprint density at radius 3 is 1.40 bits per heavy atom. The second-order valence-corrected chi connectivity index (χ2v) is 16.1. The second kappa shape index (κ2) is 38.9. The molecule has 2 N–H and O–H groups in total. The molecule has 55 heavy (non-hydrogen) atoms. The van der Waals surface area contributed by atoms with Crippen molar-refractivity contribution in [2.75, 3.05) is 33.2 Å². The third kappa shape index (κ3) is 35.0. The SMILES string of the molecule is CC/C=C/C=C\N(C)CCN(CC(O)CCCCCC(=O)OC(CC)CCCCCCCC)CC(O)CCCCCC(=O)OC(CC)CCCCCCCC. The molecule has 0 spiro atoms. The molecule has 4 atom stereocenters. The summed E-state index contributed by atoms with van der Waals surface area (Å²) in [6.45, 7) is 13.3. The summed E-state index contributed by atoms with van der Waals surface area (Å²) in [4.78, 5) is 29.3. The van der Waals surface area contributed by atoms with Crippen LogP contribution in [-0.4, -0.2) is 89.6 Å². The maximum atomic E-state index is 12.5. The third-order valence-corrected chi connectivity index (χ3v) is 10.6. The maximum Gasteiger partial charge on any atom is 0.306 e. The van der Waals surface area contributed by atoms with E-state index in [9.17, 15) is 19.8 Å². The summed E-state index contributed by atoms with van der Waals surface area (Å²) < 4.78 is 11.5. The van der Waals surface area contributed by atoms with Crippen LogP contribution in [0.4, 0.5) is 0 Å². The number of rotatable bonds is 40. The van der Waals surface area contributed by atoms with Crippen molar-refractivity contribution in [3.63, 3.8) is 0 Å². The van der Waals surface area contributed by atoms with Gasteiger partial charge in [-0.1, -0.05) is 137 Å². The quantitative estimate of drug-likeness (QED) is 0.0360. The van der Waals surface area contributed by atoms with Gasteiger partial charge in [0.15, 0.2) is 0 Å². The molecular formula is C47H90N2O6. The normalized spacial score (nSPS) is 14.1. The number of hydrogen-bond donors (Lipinski definition) is 2. The molecule has 8 heteroatoms. The lowest BCUT2D eigenvalue weighted by Crippen LogP contribution is -2.41. The van der Waals surface area contributed by atoms with Crippen LogP contribution in [0.5, 0.6) is 0 Å². The molecule has 0 saturated heterocycles. The van der Waals surface area contributed by atoms with Gasteiger partial charge < -0.3 is 24.6 Å². The molecule has 0 aromatic carbocycles. The fourth-order valence-electron chi connectivity index (χ4n) is 6.96. The molecule has 0 rings (SSSR count). The van der Waals surface area contributed by atoms with Crippen molar-refractivity contribution in [3.05, 3.63) is 24.4 Å². The van der Waals surface area contributed by atoms with E-state index in [2.05, 4.69) is 62.8 Å². The minimum atomic E-state index is -0.492. The largest absolute Gasteiger partial charge is 0.462 e. The Kier molecular flexibility index (Phi) is 37.6. The molecule has 0 aliphatic rings. The van der Waals surface area contributed by atoms with Crippen molar-refractivity contribution in [2.45, 2.75) is 232 Å². The predicted molar refractivity (Wildman–Crippen MR) is 232 cm³/mol. The smallest absolute Gasteiger partial charge is 0.306 e. The van der Waals surface area contributed by atoms with Gasteiger partial charge in [-0.05, 0) is 82.9 Å². The number of esters is 2. The van der Waals surface area contributed by atoms with Crippen LogP contribution >= 0.6 is 0 Å². The first kappa shape index (κ1) is 53.1. The molecular weight excluding hydrogens is 689 g/mol. The van der Waals surface area contributed by atoms with Crippen LogP contribution in [0.1, 0.15) is 208 Å². The molecule has 0 fully saturated rings. The molecule has 0 radical (unpaired) electrons. The van der Waals surface area contributed by atoms with Crippen LogP contribution in [0, 0.1) is 0 Å². The Morgan fingerprint density at radius 1 is 0.545 bits per heavy atom. The number of likely N-dealkylation sites (N-methyl/N-ethyl adjacent to an activating group) is 1. The summed E-state index contributed by atoms with van der Waals surface area (Å²) in [6, 6.07) is 0. The van der Waals surface area contributed by atoms with E-state index in [0.717, 1.165) is 96.6 Å². The molecule has 0 aliphatic heterocycles. The predicted octanol–water partition coefficient (Wildman–Crippen LogP) is 11.5. The Bertz CT molecular complexity index is 871. The zero-order valence-electron chi connectivity index (χ0n) is 37.0. The fourth-order valence-corrected chi connectivity index (χ4v) is 6.96. The Balaban J connectivity index is 4.61. The topological polar surface area (TPSA) is 99.5 Å². The second-order valence-electron chi connectivity index (χ2n) is 16.1. The first-order valence-electron chi connectivity index (χ1n) is 23.2. The van der Waals surface area contributed by atoms with Crippen LogP contribution in [-0.2, 0) is 19.1 Å². The average Bonchev–Trinajstić information content (AvgIpc) is 3.16. The van der Waals surface area contributed by atoms with Crippen LogP contribution < -0.4 is 0 Å². The van der Waals surface area contributed by atoms with E-state index < -0.39 is 12.2 Å². The molecule has 0 aromatic rings. The maximum absolute atomic E-state index is 12.5. The van der Waals surface area contributed by atoms with Crippen LogP contribution in [0.25, 0.3) is 0 Å². The number of unbranched alkanes of at least 4 members (excludes halogenated alkanes) is 14. The fraction of sp³-hybridized carbons (Fsp3) is 0.872. The van der Waals surface area contributed by atoms with Gasteiger partial charge in [-0.25, -0.2) is 0 Å². The van der Waals surface area contributed by atoms with E-state index in [0.29, 0.717) is 38.8 Å². The van der Waals surface area contributed by atoms with Gasteiger partial charge in [0, 0.05) is 46.1 Å². The lowest BCUT2D eigenvalue weighted by molar-refractivity contribution is -0.150. The highest BCUT2D eigenvalue weighted by molar-refractivity contribution is 5.69. The summed E-state index contributed by atoms with van der Waals surface area (Å²) in [5, 5.41) is 22.0. The van der Waals surface area contributed by atoms with Crippen LogP contribution in [0.15, 0.2) is 24.4 Å². The average molecular weight is 779 g/mol. The van der Waals surface area contributed by atoms with Crippen molar-refractivity contribution in [1.29, 1.82) is 0 Å². The summed E-state index contributed by atoms with van der Waals surface area (Å²) in [5.74, 6) is -0.184. The highest BCUT2D eigenvalue weighted by Crippen LogP contribution is 2.17. The summed E-state index contributed by atoms with van der Waals surface area (Å²) in [5.41, 5.74) is 0. The van der Waals surface area contributed by atoms with Crippen LogP contribution in [0.3, 0.4) is 0 Å². The van der Waals surface area contributed by atoms with Gasteiger partial charge in [-0.15, -0.1) is 0 Å². The molecule has 4 unspecified atom stereocenters. The van der Waals surface area contributed by atoms with E-state index in [-0.39, 0.29) is 24.1 Å². The Hall–Kier alpha value is -1.90. The van der Waals surface area contributed by atoms with E-state index >= 15 is 0 Å². The van der Waals surface area contributed by atoms with Gasteiger partial charge in [0.1, 0.15) is 12.2 Å². The number of carbonyl (C=O) groups excluding carboxylic acids is 2. The summed E-state index contributed by atoms with van der Waals surface area (Å²) in [6.07, 6.45) is 34.2. The van der Waals surface area contributed by atoms with Crippen molar-refractivity contribution >= 4 is 11.9 Å². The number of carbonyl (C=O) groups is 2. The number of ether oxygens (including phenoxy) is 2. The zero-order chi connectivity index (χ0) is 40.8. The van der Waals surface area contributed by atoms with Gasteiger partial charge in [0.2, 0.25) is 0 Å². The highest BCUT2D eigenvalue weighted by Gasteiger charge is 2.18. The number of aliphatic hydroxyl groups excluding tert-OH is 2. The third-order valence-electron chi connectivity index (χ3n) is 10.6. The first-order chi connectivity index (χ1) is 26.7. The lowest BCUT2D eigenvalue weighted by atomic mass is 10.1. The van der Waals surface area contributed by atoms with Crippen LogP contribution in [0.2, 0.25) is 0 Å². The van der Waals surface area contributed by atoms with E-state index in [4.69, 9.17) is 9.47 Å². The monoisotopic (exact) mass is 779 g/mol.